The van der Waals surface area contributed by atoms with Crippen molar-refractivity contribution in [1.82, 2.24) is 9.88 Å². The van der Waals surface area contributed by atoms with Crippen LogP contribution in [0.1, 0.15) is 38.8 Å². The summed E-state index contributed by atoms with van der Waals surface area (Å²) in [4.78, 5) is 20.2. The van der Waals surface area contributed by atoms with Crippen LogP contribution < -0.4 is 4.74 Å². The first-order chi connectivity index (χ1) is 12.7. The Balaban J connectivity index is 1.40. The molecule has 0 N–H and O–H groups in total. The maximum Gasteiger partial charge on any atom is 0.264 e. The van der Waals surface area contributed by atoms with Gasteiger partial charge in [0.25, 0.3) is 5.91 Å². The Morgan fingerprint density at radius 1 is 1.23 bits per heavy atom. The number of hydrogen-bond donors (Lipinski definition) is 0. The summed E-state index contributed by atoms with van der Waals surface area (Å²) < 4.78 is 5.88. The highest BCUT2D eigenvalue weighted by Crippen LogP contribution is 2.31. The largest absolute Gasteiger partial charge is 0.486 e. The van der Waals surface area contributed by atoms with Gasteiger partial charge in [0.2, 0.25) is 0 Å². The molecule has 0 spiro atoms. The Morgan fingerprint density at radius 2 is 2.08 bits per heavy atom. The number of nitrogens with zero attached hydrogens (tertiary/aromatic N) is 2. The van der Waals surface area contributed by atoms with Gasteiger partial charge in [0.05, 0.1) is 17.1 Å². The van der Waals surface area contributed by atoms with Crippen LogP contribution in [-0.2, 0) is 13.2 Å². The molecule has 1 saturated carbocycles. The first-order valence-electron chi connectivity index (χ1n) is 8.67. The molecule has 4 rings (SSSR count). The van der Waals surface area contributed by atoms with Gasteiger partial charge in [-0.1, -0.05) is 24.3 Å². The van der Waals surface area contributed by atoms with Crippen LogP contribution in [0.25, 0.3) is 0 Å². The number of ether oxygens (including phenoxy) is 1. The highest BCUT2D eigenvalue weighted by atomic mass is 32.1. The van der Waals surface area contributed by atoms with Gasteiger partial charge in [0, 0.05) is 11.4 Å². The zero-order valence-electron chi connectivity index (χ0n) is 14.6. The van der Waals surface area contributed by atoms with Crippen LogP contribution in [0.2, 0.25) is 0 Å². The Hall–Kier alpha value is -2.18. The van der Waals surface area contributed by atoms with Crippen LogP contribution in [-0.4, -0.2) is 21.8 Å². The lowest BCUT2D eigenvalue weighted by Gasteiger charge is -2.20. The van der Waals surface area contributed by atoms with E-state index in [0.29, 0.717) is 19.2 Å². The zero-order chi connectivity index (χ0) is 17.9. The molecule has 4 nitrogen and oxygen atoms in total. The van der Waals surface area contributed by atoms with Gasteiger partial charge in [-0.25, -0.2) is 4.98 Å². The average molecular weight is 385 g/mol. The fourth-order valence-corrected chi connectivity index (χ4v) is 4.19. The summed E-state index contributed by atoms with van der Waals surface area (Å²) in [7, 11) is 0. The minimum atomic E-state index is 0.119. The molecule has 2 aromatic heterocycles. The molecule has 1 amide bonds. The van der Waals surface area contributed by atoms with Crippen LogP contribution >= 0.6 is 22.7 Å². The van der Waals surface area contributed by atoms with Crippen LogP contribution in [0, 0.1) is 6.92 Å². The fourth-order valence-electron chi connectivity index (χ4n) is 2.81. The topological polar surface area (TPSA) is 42.4 Å². The Bertz CT molecular complexity index is 885. The number of aromatic nitrogens is 1. The third-order valence-electron chi connectivity index (χ3n) is 4.36. The Kier molecular flexibility index (Phi) is 5.04. The molecule has 0 atom stereocenters. The SMILES string of the molecule is Cc1ccccc1OCc1nc(CN(C(=O)c2cccs2)C2CC2)cs1. The number of benzene rings is 1. The third-order valence-corrected chi connectivity index (χ3v) is 6.09. The molecule has 1 aliphatic carbocycles. The van der Waals surface area contributed by atoms with Crippen molar-refractivity contribution in [2.45, 2.75) is 39.0 Å². The monoisotopic (exact) mass is 384 g/mol. The summed E-state index contributed by atoms with van der Waals surface area (Å²) in [6, 6.07) is 12.2. The molecule has 0 saturated heterocycles. The summed E-state index contributed by atoms with van der Waals surface area (Å²) in [6.07, 6.45) is 2.18. The number of hydrogen-bond acceptors (Lipinski definition) is 5. The van der Waals surface area contributed by atoms with E-state index in [-0.39, 0.29) is 5.91 Å². The van der Waals surface area contributed by atoms with Crippen molar-refractivity contribution in [1.29, 1.82) is 0 Å². The Morgan fingerprint density at radius 3 is 2.81 bits per heavy atom. The second-order valence-corrected chi connectivity index (χ2v) is 8.32. The Labute approximate surface area is 161 Å². The molecule has 0 aliphatic heterocycles. The van der Waals surface area contributed by atoms with E-state index in [0.717, 1.165) is 39.7 Å². The second kappa shape index (κ2) is 7.60. The molecule has 6 heteroatoms. The van der Waals surface area contributed by atoms with E-state index in [2.05, 4.69) is 4.98 Å². The summed E-state index contributed by atoms with van der Waals surface area (Å²) in [5, 5.41) is 4.91. The quantitative estimate of drug-likeness (QED) is 0.582. The smallest absolute Gasteiger partial charge is 0.264 e. The molecule has 1 aliphatic rings. The predicted molar refractivity (Wildman–Crippen MR) is 105 cm³/mol. The molecule has 1 fully saturated rings. The summed E-state index contributed by atoms with van der Waals surface area (Å²) in [5.74, 6) is 1.00. The van der Waals surface area contributed by atoms with E-state index in [1.165, 1.54) is 11.3 Å². The lowest BCUT2D eigenvalue weighted by atomic mass is 10.2. The number of carbonyl (C=O) groups is 1. The van der Waals surface area contributed by atoms with E-state index in [1.807, 2.05) is 59.0 Å². The van der Waals surface area contributed by atoms with Crippen LogP contribution in [0.15, 0.2) is 47.2 Å². The number of thiophene rings is 1. The molecular weight excluding hydrogens is 364 g/mol. The van der Waals surface area contributed by atoms with Crippen molar-refractivity contribution in [2.75, 3.05) is 0 Å². The normalized spacial score (nSPS) is 13.6. The van der Waals surface area contributed by atoms with Gasteiger partial charge < -0.3 is 9.64 Å². The van der Waals surface area contributed by atoms with E-state index in [9.17, 15) is 4.79 Å². The second-order valence-electron chi connectivity index (χ2n) is 6.43. The van der Waals surface area contributed by atoms with E-state index in [4.69, 9.17) is 4.74 Å². The summed E-state index contributed by atoms with van der Waals surface area (Å²) >= 11 is 3.08. The molecule has 1 aromatic carbocycles. The maximum absolute atomic E-state index is 12.7. The van der Waals surface area contributed by atoms with Gasteiger partial charge in [-0.3, -0.25) is 4.79 Å². The minimum Gasteiger partial charge on any atom is -0.486 e. The van der Waals surface area contributed by atoms with Gasteiger partial charge in [-0.15, -0.1) is 22.7 Å². The molecule has 0 radical (unpaired) electrons. The number of carbonyl (C=O) groups excluding carboxylic acids is 1. The van der Waals surface area contributed by atoms with E-state index >= 15 is 0 Å². The van der Waals surface area contributed by atoms with Crippen molar-refractivity contribution in [3.63, 3.8) is 0 Å². The van der Waals surface area contributed by atoms with Gasteiger partial charge >= 0.3 is 0 Å². The van der Waals surface area contributed by atoms with Gasteiger partial charge in [-0.05, 0) is 42.8 Å². The summed E-state index contributed by atoms with van der Waals surface area (Å²) in [6.45, 7) is 3.06. The zero-order valence-corrected chi connectivity index (χ0v) is 16.2. The van der Waals surface area contributed by atoms with E-state index < -0.39 is 0 Å². The van der Waals surface area contributed by atoms with E-state index in [1.54, 1.807) is 11.3 Å². The highest BCUT2D eigenvalue weighted by molar-refractivity contribution is 7.12. The van der Waals surface area contributed by atoms with Crippen molar-refractivity contribution in [3.05, 3.63) is 68.3 Å². The van der Waals surface area contributed by atoms with Crippen molar-refractivity contribution < 1.29 is 9.53 Å². The first kappa shape index (κ1) is 17.2. The van der Waals surface area contributed by atoms with Crippen LogP contribution in [0.5, 0.6) is 5.75 Å². The van der Waals surface area contributed by atoms with Crippen LogP contribution in [0.3, 0.4) is 0 Å². The minimum absolute atomic E-state index is 0.119. The lowest BCUT2D eigenvalue weighted by Crippen LogP contribution is -2.32. The van der Waals surface area contributed by atoms with Crippen molar-refractivity contribution in [2.24, 2.45) is 0 Å². The first-order valence-corrected chi connectivity index (χ1v) is 10.4. The number of rotatable bonds is 7. The number of para-hydroxylation sites is 1. The molecule has 3 aromatic rings. The van der Waals surface area contributed by atoms with Gasteiger partial charge in [-0.2, -0.15) is 0 Å². The maximum atomic E-state index is 12.7. The number of thiazole rings is 1. The average Bonchev–Trinajstić information content (AvgIpc) is 3.16. The van der Waals surface area contributed by atoms with Crippen molar-refractivity contribution >= 4 is 28.6 Å². The standard InChI is InChI=1S/C20H20N2O2S2/c1-14-5-2-3-6-17(14)24-12-19-21-15(13-26-19)11-22(16-8-9-16)20(23)18-7-4-10-25-18/h2-7,10,13,16H,8-9,11-12H2,1H3. The lowest BCUT2D eigenvalue weighted by molar-refractivity contribution is 0.0733. The molecule has 0 unspecified atom stereocenters. The summed E-state index contributed by atoms with van der Waals surface area (Å²) in [5.41, 5.74) is 2.06. The molecular formula is C20H20N2O2S2. The molecule has 26 heavy (non-hydrogen) atoms. The fraction of sp³-hybridized carbons (Fsp3) is 0.300. The third kappa shape index (κ3) is 3.97. The molecule has 0 bridgehead atoms. The van der Waals surface area contributed by atoms with Gasteiger partial charge in [0.15, 0.2) is 0 Å². The molecule has 2 heterocycles. The van der Waals surface area contributed by atoms with Gasteiger partial charge in [0.1, 0.15) is 17.4 Å². The number of amides is 1. The van der Waals surface area contributed by atoms with Crippen molar-refractivity contribution in [3.8, 4) is 5.75 Å². The highest BCUT2D eigenvalue weighted by Gasteiger charge is 2.33. The molecule has 134 valence electrons. The predicted octanol–water partition coefficient (Wildman–Crippen LogP) is 4.90. The number of aryl methyl sites for hydroxylation is 1. The van der Waals surface area contributed by atoms with Crippen LogP contribution in [0.4, 0.5) is 0 Å².